The highest BCUT2D eigenvalue weighted by Gasteiger charge is 2.47. The quantitative estimate of drug-likeness (QED) is 0.847. The molecule has 1 saturated heterocycles. The first-order chi connectivity index (χ1) is 12.9. The lowest BCUT2D eigenvalue weighted by atomic mass is 9.77. The number of benzene rings is 1. The Kier molecular flexibility index (Phi) is 5.60. The van der Waals surface area contributed by atoms with Crippen LogP contribution in [0.25, 0.3) is 0 Å². The number of amides is 1. The van der Waals surface area contributed by atoms with Crippen LogP contribution in [-0.2, 0) is 19.7 Å². The van der Waals surface area contributed by atoms with Gasteiger partial charge in [-0.15, -0.1) is 0 Å². The number of rotatable bonds is 5. The van der Waals surface area contributed by atoms with E-state index in [0.717, 1.165) is 31.2 Å². The molecule has 2 fully saturated rings. The summed E-state index contributed by atoms with van der Waals surface area (Å²) in [7, 11) is 3.15. The van der Waals surface area contributed by atoms with Crippen LogP contribution in [0.15, 0.2) is 18.2 Å². The minimum atomic E-state index is -1.04. The van der Waals surface area contributed by atoms with E-state index in [1.165, 1.54) is 0 Å². The van der Waals surface area contributed by atoms with Crippen molar-refractivity contribution in [1.29, 1.82) is 0 Å². The van der Waals surface area contributed by atoms with Gasteiger partial charge in [-0.2, -0.15) is 0 Å². The van der Waals surface area contributed by atoms with Crippen LogP contribution >= 0.6 is 0 Å². The molecular weight excluding hydrogens is 350 g/mol. The average Bonchev–Trinajstić information content (AvgIpc) is 3.17. The summed E-state index contributed by atoms with van der Waals surface area (Å²) in [5, 5.41) is 9.33. The molecule has 1 aromatic carbocycles. The number of morpholine rings is 1. The van der Waals surface area contributed by atoms with Crippen molar-refractivity contribution in [2.45, 2.75) is 50.2 Å². The second-order valence-corrected chi connectivity index (χ2v) is 7.34. The number of carboxylic acids is 1. The predicted molar refractivity (Wildman–Crippen MR) is 98.2 cm³/mol. The topological polar surface area (TPSA) is 85.3 Å². The molecule has 1 aliphatic carbocycles. The molecule has 1 saturated carbocycles. The predicted octanol–water partition coefficient (Wildman–Crippen LogP) is 2.22. The average molecular weight is 377 g/mol. The van der Waals surface area contributed by atoms with E-state index in [4.69, 9.17) is 14.2 Å². The number of aliphatic carboxylic acids is 1. The minimum Gasteiger partial charge on any atom is -0.493 e. The molecule has 0 bridgehead atoms. The number of nitrogens with zero attached hydrogens (tertiary/aromatic N) is 1. The second kappa shape index (κ2) is 7.76. The smallest absolute Gasteiger partial charge is 0.334 e. The molecular formula is C20H27NO6. The van der Waals surface area contributed by atoms with Crippen LogP contribution in [0, 0.1) is 0 Å². The first-order valence-corrected chi connectivity index (χ1v) is 9.31. The summed E-state index contributed by atoms with van der Waals surface area (Å²) >= 11 is 0. The van der Waals surface area contributed by atoms with Crippen molar-refractivity contribution in [2.75, 3.05) is 27.3 Å². The molecule has 0 spiro atoms. The Morgan fingerprint density at radius 3 is 2.41 bits per heavy atom. The zero-order valence-electron chi connectivity index (χ0n) is 16.1. The van der Waals surface area contributed by atoms with Crippen LogP contribution in [0.5, 0.6) is 11.5 Å². The number of ether oxygens (including phenoxy) is 3. The summed E-state index contributed by atoms with van der Waals surface area (Å²) in [5.74, 6) is 0.153. The van der Waals surface area contributed by atoms with Gasteiger partial charge in [0.1, 0.15) is 0 Å². The molecule has 1 aliphatic heterocycles. The summed E-state index contributed by atoms with van der Waals surface area (Å²) in [6, 6.07) is 5.62. The van der Waals surface area contributed by atoms with Crippen molar-refractivity contribution in [2.24, 2.45) is 0 Å². The summed E-state index contributed by atoms with van der Waals surface area (Å²) < 4.78 is 16.2. The van der Waals surface area contributed by atoms with Crippen molar-refractivity contribution < 1.29 is 28.9 Å². The first-order valence-electron chi connectivity index (χ1n) is 9.31. The van der Waals surface area contributed by atoms with Crippen LogP contribution in [0.1, 0.15) is 38.2 Å². The molecule has 0 radical (unpaired) electrons. The molecule has 1 heterocycles. The van der Waals surface area contributed by atoms with Crippen molar-refractivity contribution >= 4 is 11.9 Å². The Labute approximate surface area is 159 Å². The van der Waals surface area contributed by atoms with Gasteiger partial charge in [0.15, 0.2) is 17.6 Å². The molecule has 7 nitrogen and oxygen atoms in total. The van der Waals surface area contributed by atoms with Crippen LogP contribution in [0.3, 0.4) is 0 Å². The van der Waals surface area contributed by atoms with Crippen molar-refractivity contribution in [3.8, 4) is 11.5 Å². The summed E-state index contributed by atoms with van der Waals surface area (Å²) in [6.45, 7) is 2.28. The molecule has 27 heavy (non-hydrogen) atoms. The molecule has 3 rings (SSSR count). The molecule has 148 valence electrons. The maximum absolute atomic E-state index is 13.6. The third-order valence-electron chi connectivity index (χ3n) is 5.63. The zero-order valence-corrected chi connectivity index (χ0v) is 16.1. The SMILES string of the molecule is COc1ccc(C2(C(=O)N3CC(C(=O)O)O[C@H](C)C3)CCCC2)cc1OC. The van der Waals surface area contributed by atoms with Gasteiger partial charge in [-0.1, -0.05) is 18.9 Å². The molecule has 1 N–H and O–H groups in total. The molecule has 0 aromatic heterocycles. The number of carbonyl (C=O) groups excluding carboxylic acids is 1. The van der Waals surface area contributed by atoms with Gasteiger partial charge < -0.3 is 24.2 Å². The molecule has 2 atom stereocenters. The highest BCUT2D eigenvalue weighted by molar-refractivity contribution is 5.89. The Morgan fingerprint density at radius 1 is 1.15 bits per heavy atom. The highest BCUT2D eigenvalue weighted by Crippen LogP contribution is 2.45. The number of methoxy groups -OCH3 is 2. The molecule has 1 amide bonds. The lowest BCUT2D eigenvalue weighted by molar-refractivity contribution is -0.168. The summed E-state index contributed by atoms with van der Waals surface area (Å²) in [6.07, 6.45) is 2.11. The Hall–Kier alpha value is -2.28. The third kappa shape index (κ3) is 3.60. The fourth-order valence-corrected chi connectivity index (χ4v) is 4.29. The van der Waals surface area contributed by atoms with Crippen LogP contribution in [-0.4, -0.2) is 61.4 Å². The van der Waals surface area contributed by atoms with Crippen LogP contribution in [0.4, 0.5) is 0 Å². The van der Waals surface area contributed by atoms with E-state index in [2.05, 4.69) is 0 Å². The Bertz CT molecular complexity index is 712. The van der Waals surface area contributed by atoms with Gasteiger partial charge in [-0.05, 0) is 37.5 Å². The normalized spacial score (nSPS) is 24.5. The Balaban J connectivity index is 1.95. The fraction of sp³-hybridized carbons (Fsp3) is 0.600. The van der Waals surface area contributed by atoms with Crippen molar-refractivity contribution in [3.05, 3.63) is 23.8 Å². The lowest BCUT2D eigenvalue weighted by Crippen LogP contribution is -2.56. The van der Waals surface area contributed by atoms with Gasteiger partial charge in [0, 0.05) is 6.54 Å². The minimum absolute atomic E-state index is 0.0198. The maximum Gasteiger partial charge on any atom is 0.334 e. The molecule has 2 aliphatic rings. The maximum atomic E-state index is 13.6. The number of hydrogen-bond donors (Lipinski definition) is 1. The number of carboxylic acid groups (broad SMARTS) is 1. The summed E-state index contributed by atoms with van der Waals surface area (Å²) in [4.78, 5) is 26.7. The van der Waals surface area contributed by atoms with Gasteiger partial charge in [-0.3, -0.25) is 4.79 Å². The standard InChI is InChI=1S/C20H27NO6/c1-13-11-21(12-17(27-13)18(22)23)19(24)20(8-4-5-9-20)14-6-7-15(25-2)16(10-14)26-3/h6-7,10,13,17H,4-5,8-9,11-12H2,1-3H3,(H,22,23)/t13-,17?/m1/s1. The van der Waals surface area contributed by atoms with E-state index in [1.807, 2.05) is 18.2 Å². The first kappa shape index (κ1) is 19.5. The van der Waals surface area contributed by atoms with E-state index < -0.39 is 17.5 Å². The van der Waals surface area contributed by atoms with Gasteiger partial charge in [0.05, 0.1) is 32.3 Å². The van der Waals surface area contributed by atoms with E-state index in [-0.39, 0.29) is 18.6 Å². The molecule has 7 heteroatoms. The monoisotopic (exact) mass is 377 g/mol. The van der Waals surface area contributed by atoms with E-state index >= 15 is 0 Å². The van der Waals surface area contributed by atoms with Crippen LogP contribution < -0.4 is 9.47 Å². The molecule has 1 aromatic rings. The van der Waals surface area contributed by atoms with Crippen LogP contribution in [0.2, 0.25) is 0 Å². The van der Waals surface area contributed by atoms with E-state index in [9.17, 15) is 14.7 Å². The van der Waals surface area contributed by atoms with E-state index in [0.29, 0.717) is 18.0 Å². The number of hydrogen-bond acceptors (Lipinski definition) is 5. The van der Waals surface area contributed by atoms with Gasteiger partial charge in [-0.25, -0.2) is 4.79 Å². The van der Waals surface area contributed by atoms with E-state index in [1.54, 1.807) is 26.0 Å². The van der Waals surface area contributed by atoms with Gasteiger partial charge in [0.2, 0.25) is 5.91 Å². The van der Waals surface area contributed by atoms with Gasteiger partial charge in [0.25, 0.3) is 0 Å². The fourth-order valence-electron chi connectivity index (χ4n) is 4.29. The lowest BCUT2D eigenvalue weighted by Gasteiger charge is -2.40. The largest absolute Gasteiger partial charge is 0.493 e. The number of carbonyl (C=O) groups is 2. The highest BCUT2D eigenvalue weighted by atomic mass is 16.5. The van der Waals surface area contributed by atoms with Crippen molar-refractivity contribution in [1.82, 2.24) is 4.90 Å². The summed E-state index contributed by atoms with van der Waals surface area (Å²) in [5.41, 5.74) is 0.244. The molecule has 1 unspecified atom stereocenters. The van der Waals surface area contributed by atoms with Gasteiger partial charge >= 0.3 is 5.97 Å². The second-order valence-electron chi connectivity index (χ2n) is 7.34. The Morgan fingerprint density at radius 2 is 1.81 bits per heavy atom. The zero-order chi connectivity index (χ0) is 19.6. The van der Waals surface area contributed by atoms with Crippen molar-refractivity contribution in [3.63, 3.8) is 0 Å². The third-order valence-corrected chi connectivity index (χ3v) is 5.63.